The maximum absolute atomic E-state index is 10.4. The van der Waals surface area contributed by atoms with Gasteiger partial charge in [0.15, 0.2) is 11.4 Å². The normalized spacial score (nSPS) is 11.8. The minimum atomic E-state index is 0.595. The highest BCUT2D eigenvalue weighted by molar-refractivity contribution is 6.30. The van der Waals surface area contributed by atoms with Gasteiger partial charge in [-0.3, -0.25) is 0 Å². The van der Waals surface area contributed by atoms with Crippen molar-refractivity contribution in [3.63, 3.8) is 0 Å². The first-order valence-corrected chi connectivity index (χ1v) is 25.7. The zero-order valence-corrected chi connectivity index (χ0v) is 42.8. The molecule has 0 spiro atoms. The molecule has 0 N–H and O–H groups in total. The van der Waals surface area contributed by atoms with Crippen LogP contribution in [0.15, 0.2) is 158 Å². The van der Waals surface area contributed by atoms with Gasteiger partial charge in [0.25, 0.3) is 0 Å². The number of nitrogens with zero attached hydrogens (tertiary/aromatic N) is 4. The van der Waals surface area contributed by atoms with Gasteiger partial charge in [0.2, 0.25) is 0 Å². The average Bonchev–Trinajstić information content (AvgIpc) is 4.07. The van der Waals surface area contributed by atoms with Gasteiger partial charge in [-0.05, 0) is 273 Å². The smallest absolute Gasteiger partial charge is 0.187 e. The highest BCUT2D eigenvalue weighted by Crippen LogP contribution is 2.56. The molecule has 0 saturated heterocycles. The molecule has 0 aromatic heterocycles. The third-order valence-electron chi connectivity index (χ3n) is 16.7. The Morgan fingerprint density at radius 3 is 1.16 bits per heavy atom. The number of aryl methyl sites for hydroxylation is 6. The highest BCUT2D eigenvalue weighted by atomic mass is 14.6. The standard InChI is InChI=1S/C72H44N4/c1-37-15-17-43(35-73)27-55(37)61-33-67-66-30-58-50-14-10-12-48-52(70-41(5)25-46(76-8)26-42(70)6)20-22-54(72(48)50)60(58)32-64(66)62(56-28-45(75-7)18-16-38(56)2)34-68(67)65-29-57-49-13-9-11-47-51(69-39(3)23-44(36-74)24-40(69)4)19-21-53(71(47)49)59(57)31-63(61)65/h9-34H,1-6H3. The molecule has 12 aromatic rings. The average molecular weight is 965 g/mol. The van der Waals surface area contributed by atoms with Gasteiger partial charge in [0.1, 0.15) is 0 Å². The molecule has 76 heavy (non-hydrogen) atoms. The fourth-order valence-electron chi connectivity index (χ4n) is 13.5. The minimum Gasteiger partial charge on any atom is -0.238 e. The SMILES string of the molecule is [C-]#[N+]c1cc(C)c(-c2ccc3c4c(cccc24)-c2cc4c(cc2-3)c(-c2cc([N+]#[C-])ccc2C)cc2c3cc5c(cc3c(-c3cc(C#N)ccc3C)cc42)-c2ccc(-c3c(C)cc(C#N)cc3C)c3cccc-5c23)c(C)c1. The van der Waals surface area contributed by atoms with E-state index in [1.807, 2.05) is 42.5 Å². The van der Waals surface area contributed by atoms with Gasteiger partial charge >= 0.3 is 0 Å². The predicted molar refractivity (Wildman–Crippen MR) is 315 cm³/mol. The maximum Gasteiger partial charge on any atom is 0.187 e. The molecule has 0 bridgehead atoms. The van der Waals surface area contributed by atoms with Crippen LogP contribution in [-0.2, 0) is 0 Å². The summed E-state index contributed by atoms with van der Waals surface area (Å²) in [5.41, 5.74) is 27.3. The monoisotopic (exact) mass is 964 g/mol. The summed E-state index contributed by atoms with van der Waals surface area (Å²) < 4.78 is 0. The molecule has 0 fully saturated rings. The van der Waals surface area contributed by atoms with Crippen LogP contribution in [0.2, 0.25) is 0 Å². The van der Waals surface area contributed by atoms with Crippen LogP contribution < -0.4 is 0 Å². The van der Waals surface area contributed by atoms with Crippen LogP contribution in [0, 0.1) is 77.3 Å². The summed E-state index contributed by atoms with van der Waals surface area (Å²) in [6.07, 6.45) is 0. The van der Waals surface area contributed by atoms with Crippen LogP contribution in [0.25, 0.3) is 153 Å². The van der Waals surface area contributed by atoms with Gasteiger partial charge in [-0.2, -0.15) is 10.5 Å². The molecule has 0 unspecified atom stereocenters. The molecule has 14 rings (SSSR count). The first-order chi connectivity index (χ1) is 37.0. The second-order valence-corrected chi connectivity index (χ2v) is 21.0. The molecule has 12 aromatic carbocycles. The topological polar surface area (TPSA) is 56.3 Å². The Morgan fingerprint density at radius 1 is 0.289 bits per heavy atom. The van der Waals surface area contributed by atoms with Crippen molar-refractivity contribution in [1.29, 1.82) is 10.5 Å². The van der Waals surface area contributed by atoms with Gasteiger partial charge in [0, 0.05) is 0 Å². The number of benzene rings is 12. The van der Waals surface area contributed by atoms with E-state index in [1.165, 1.54) is 71.6 Å². The Morgan fingerprint density at radius 2 is 0.684 bits per heavy atom. The van der Waals surface area contributed by atoms with Crippen molar-refractivity contribution in [3.8, 4) is 101 Å². The molecule has 0 radical (unpaired) electrons. The van der Waals surface area contributed by atoms with Crippen molar-refractivity contribution in [2.45, 2.75) is 41.5 Å². The van der Waals surface area contributed by atoms with Crippen molar-refractivity contribution in [2.75, 3.05) is 0 Å². The van der Waals surface area contributed by atoms with E-state index in [0.29, 0.717) is 22.5 Å². The summed E-state index contributed by atoms with van der Waals surface area (Å²) in [5, 5.41) is 31.7. The van der Waals surface area contributed by atoms with Gasteiger partial charge in [0.05, 0.1) is 36.4 Å². The molecule has 4 heteroatoms. The number of fused-ring (bicyclic) bond motifs is 11. The van der Waals surface area contributed by atoms with E-state index in [1.54, 1.807) is 0 Å². The summed E-state index contributed by atoms with van der Waals surface area (Å²) >= 11 is 0. The van der Waals surface area contributed by atoms with Crippen molar-refractivity contribution in [3.05, 3.63) is 225 Å². The maximum atomic E-state index is 10.4. The lowest BCUT2D eigenvalue weighted by Gasteiger charge is -2.20. The Bertz CT molecular complexity index is 4560. The number of hydrogen-bond acceptors (Lipinski definition) is 2. The third-order valence-corrected chi connectivity index (χ3v) is 16.7. The van der Waals surface area contributed by atoms with E-state index in [4.69, 9.17) is 13.1 Å². The fourth-order valence-corrected chi connectivity index (χ4v) is 13.5. The van der Waals surface area contributed by atoms with E-state index >= 15 is 0 Å². The van der Waals surface area contributed by atoms with Crippen molar-refractivity contribution in [2.24, 2.45) is 0 Å². The first-order valence-electron chi connectivity index (χ1n) is 25.7. The van der Waals surface area contributed by atoms with Crippen LogP contribution in [0.3, 0.4) is 0 Å². The largest absolute Gasteiger partial charge is 0.238 e. The third kappa shape index (κ3) is 6.20. The van der Waals surface area contributed by atoms with Crippen molar-refractivity contribution >= 4 is 65.2 Å². The van der Waals surface area contributed by atoms with E-state index in [2.05, 4.69) is 179 Å². The Hall–Kier alpha value is -10.1. The van der Waals surface area contributed by atoms with Crippen molar-refractivity contribution < 1.29 is 0 Å². The van der Waals surface area contributed by atoms with Gasteiger partial charge in [-0.25, -0.2) is 9.69 Å². The second kappa shape index (κ2) is 16.2. The zero-order valence-electron chi connectivity index (χ0n) is 42.8. The molecule has 2 aliphatic carbocycles. The van der Waals surface area contributed by atoms with E-state index in [-0.39, 0.29) is 0 Å². The Labute approximate surface area is 441 Å². The fraction of sp³-hybridized carbons (Fsp3) is 0.0833. The summed E-state index contributed by atoms with van der Waals surface area (Å²) in [6, 6.07) is 61.7. The molecular weight excluding hydrogens is 921 g/mol. The molecular formula is C72H44N4. The lowest BCUT2D eigenvalue weighted by atomic mass is 9.83. The van der Waals surface area contributed by atoms with Crippen LogP contribution >= 0.6 is 0 Å². The summed E-state index contributed by atoms with van der Waals surface area (Å²) in [5.74, 6) is 0. The van der Waals surface area contributed by atoms with Crippen LogP contribution in [0.1, 0.15) is 44.5 Å². The molecule has 352 valence electrons. The van der Waals surface area contributed by atoms with E-state index in [9.17, 15) is 10.5 Å². The molecule has 2 aliphatic rings. The summed E-state index contributed by atoms with van der Waals surface area (Å²) in [7, 11) is 0. The van der Waals surface area contributed by atoms with Gasteiger partial charge in [-0.15, -0.1) is 0 Å². The minimum absolute atomic E-state index is 0.595. The molecule has 4 nitrogen and oxygen atoms in total. The zero-order chi connectivity index (χ0) is 52.0. The van der Waals surface area contributed by atoms with Crippen molar-refractivity contribution in [1.82, 2.24) is 0 Å². The van der Waals surface area contributed by atoms with Gasteiger partial charge in [-0.1, -0.05) is 102 Å². The quantitative estimate of drug-likeness (QED) is 0.130. The van der Waals surface area contributed by atoms with E-state index in [0.717, 1.165) is 105 Å². The number of nitriles is 2. The highest BCUT2D eigenvalue weighted by Gasteiger charge is 2.29. The Balaban J connectivity index is 1.10. The van der Waals surface area contributed by atoms with Gasteiger partial charge < -0.3 is 0 Å². The van der Waals surface area contributed by atoms with Crippen LogP contribution in [0.5, 0.6) is 0 Å². The molecule has 0 amide bonds. The number of hydrogen-bond donors (Lipinski definition) is 0. The number of rotatable bonds is 4. The Kier molecular flexibility index (Phi) is 9.50. The van der Waals surface area contributed by atoms with Crippen LogP contribution in [-0.4, -0.2) is 0 Å². The molecule has 0 atom stereocenters. The summed E-state index contributed by atoms with van der Waals surface area (Å²) in [4.78, 5) is 7.71. The van der Waals surface area contributed by atoms with E-state index < -0.39 is 0 Å². The lowest BCUT2D eigenvalue weighted by molar-refractivity contribution is 1.35. The second-order valence-electron chi connectivity index (χ2n) is 21.0. The predicted octanol–water partition coefficient (Wildman–Crippen LogP) is 20.1. The lowest BCUT2D eigenvalue weighted by Crippen LogP contribution is -1.94. The molecule has 0 aliphatic heterocycles. The first kappa shape index (κ1) is 44.6. The summed E-state index contributed by atoms with van der Waals surface area (Å²) in [6.45, 7) is 28.6. The molecule has 0 heterocycles. The molecule has 0 saturated carbocycles. The van der Waals surface area contributed by atoms with Crippen LogP contribution in [0.4, 0.5) is 11.4 Å².